The van der Waals surface area contributed by atoms with Gasteiger partial charge in [-0.25, -0.2) is 4.98 Å². The summed E-state index contributed by atoms with van der Waals surface area (Å²) in [6.07, 6.45) is 4.47. The number of oxazole rings is 1. The summed E-state index contributed by atoms with van der Waals surface area (Å²) >= 11 is 0. The van der Waals surface area contributed by atoms with Gasteiger partial charge in [-0.05, 0) is 0 Å². The van der Waals surface area contributed by atoms with Crippen molar-refractivity contribution in [3.05, 3.63) is 18.9 Å². The maximum atomic E-state index is 8.63. The van der Waals surface area contributed by atoms with Crippen molar-refractivity contribution < 1.29 is 75.6 Å². The summed E-state index contributed by atoms with van der Waals surface area (Å²) in [5.74, 6) is 0. The first-order chi connectivity index (χ1) is 4.23. The van der Waals surface area contributed by atoms with Gasteiger partial charge >= 0.3 is 51.4 Å². The van der Waals surface area contributed by atoms with Crippen LogP contribution >= 0.6 is 8.25 Å². The predicted octanol–water partition coefficient (Wildman–Crippen LogP) is -4.42. The molecule has 1 aromatic heterocycles. The van der Waals surface area contributed by atoms with Crippen LogP contribution in [0.4, 0.5) is 0 Å². The summed E-state index contributed by atoms with van der Waals surface area (Å²) in [5.41, 5.74) is 0. The van der Waals surface area contributed by atoms with Crippen LogP contribution in [0, 0.1) is 0 Å². The molecule has 0 radical (unpaired) electrons. The first-order valence-electron chi connectivity index (χ1n) is 1.95. The zero-order valence-corrected chi connectivity index (χ0v) is 9.97. The van der Waals surface area contributed by atoms with Crippen molar-refractivity contribution in [3.8, 4) is 0 Å². The van der Waals surface area contributed by atoms with Gasteiger partial charge in [-0.15, -0.1) is 0 Å². The summed E-state index contributed by atoms with van der Waals surface area (Å²) in [4.78, 5) is 19.2. The average Bonchev–Trinajstić information content (AvgIpc) is 2.11. The van der Waals surface area contributed by atoms with Crippen molar-refractivity contribution in [1.29, 1.82) is 0 Å². The Kier molecular flexibility index (Phi) is 22.0. The van der Waals surface area contributed by atoms with Crippen molar-refractivity contribution in [2.24, 2.45) is 0 Å². The van der Waals surface area contributed by atoms with Gasteiger partial charge in [-0.3, -0.25) is 0 Å². The van der Waals surface area contributed by atoms with Crippen LogP contribution in [-0.4, -0.2) is 15.4 Å². The van der Waals surface area contributed by atoms with Crippen molar-refractivity contribution in [1.82, 2.24) is 4.98 Å². The van der Waals surface area contributed by atoms with E-state index in [0.717, 1.165) is 0 Å². The maximum Gasteiger partial charge on any atom is 1.00 e. The Hall–Kier alpha value is 0.956. The molecule has 1 rings (SSSR count). The average molecular weight is 207 g/mol. The van der Waals surface area contributed by atoms with E-state index >= 15 is 0 Å². The Bertz CT molecular complexity index is 136. The van der Waals surface area contributed by atoms with Crippen LogP contribution in [0.25, 0.3) is 0 Å². The number of rotatable bonds is 0. The van der Waals surface area contributed by atoms with Gasteiger partial charge in [0, 0.05) is 0 Å². The van der Waals surface area contributed by atoms with E-state index < -0.39 is 8.25 Å². The van der Waals surface area contributed by atoms with E-state index in [4.69, 9.17) is 14.4 Å². The molecule has 1 heterocycles. The quantitative estimate of drug-likeness (QED) is 0.340. The minimum absolute atomic E-state index is 0. The molecule has 0 spiro atoms. The first-order valence-corrected chi connectivity index (χ1v) is 3.22. The van der Waals surface area contributed by atoms with Crippen LogP contribution < -0.4 is 56.3 Å². The fourth-order valence-corrected chi connectivity index (χ4v) is 0.176. The molecule has 1 atom stereocenters. The minimum atomic E-state index is -3.38. The molecular formula is C3H7KNO5P. The Morgan fingerprint density at radius 3 is 2.18 bits per heavy atom. The maximum absolute atomic E-state index is 8.63. The molecule has 8 heteroatoms. The van der Waals surface area contributed by atoms with Gasteiger partial charge in [0.15, 0.2) is 6.39 Å². The van der Waals surface area contributed by atoms with Gasteiger partial charge in [0.2, 0.25) is 0 Å². The fourth-order valence-electron chi connectivity index (χ4n) is 0.176. The smallest absolute Gasteiger partial charge is 0.781 e. The molecular weight excluding hydrogens is 200 g/mol. The fraction of sp³-hybridized carbons (Fsp3) is 0. The van der Waals surface area contributed by atoms with E-state index in [0.29, 0.717) is 0 Å². The molecule has 0 aliphatic heterocycles. The van der Waals surface area contributed by atoms with Gasteiger partial charge in [0.1, 0.15) is 14.5 Å². The van der Waals surface area contributed by atoms with Crippen molar-refractivity contribution >= 4 is 8.25 Å². The van der Waals surface area contributed by atoms with E-state index in [1.165, 1.54) is 12.7 Å². The molecule has 0 fully saturated rings. The first kappa shape index (κ1) is 17.9. The van der Waals surface area contributed by atoms with Gasteiger partial charge in [-0.2, -0.15) is 0 Å². The number of aromatic nitrogens is 1. The third kappa shape index (κ3) is 24.8. The van der Waals surface area contributed by atoms with Crippen molar-refractivity contribution in [2.45, 2.75) is 0 Å². The molecule has 0 aromatic carbocycles. The monoisotopic (exact) mass is 207 g/mol. The molecule has 0 aliphatic rings. The summed E-state index contributed by atoms with van der Waals surface area (Å²) in [7, 11) is -3.38. The molecule has 1 unspecified atom stereocenters. The van der Waals surface area contributed by atoms with Crippen LogP contribution in [-0.2, 0) is 4.57 Å². The Labute approximate surface area is 106 Å². The second-order valence-electron chi connectivity index (χ2n) is 0.942. The number of hydrogen-bond acceptors (Lipinski definition) is 4. The second-order valence-corrected chi connectivity index (χ2v) is 1.47. The Balaban J connectivity index is -0.000000101. The van der Waals surface area contributed by atoms with Crippen LogP contribution in [0.5, 0.6) is 0 Å². The summed E-state index contributed by atoms with van der Waals surface area (Å²) < 4.78 is 13.1. The SMILES string of the molecule is O.O=[PH]([O-])O.[K+].c1cocn1. The molecule has 0 amide bonds. The number of hydrogen-bond donors (Lipinski definition) is 1. The molecule has 3 N–H and O–H groups in total. The standard InChI is InChI=1S/C3H3NO.K.H3O3P.H2O/c1-2-5-3-4-1;;1-4(2)3;/h1-3H;;4H,(H2,1,2,3);1H2/q;+1;;/p-1. The van der Waals surface area contributed by atoms with Gasteiger partial charge in [-0.1, -0.05) is 0 Å². The number of nitrogens with zero attached hydrogens (tertiary/aromatic N) is 1. The van der Waals surface area contributed by atoms with E-state index in [1.807, 2.05) is 0 Å². The van der Waals surface area contributed by atoms with Crippen LogP contribution in [0.15, 0.2) is 23.3 Å². The zero-order chi connectivity index (χ0) is 7.11. The predicted molar refractivity (Wildman–Crippen MR) is 31.3 cm³/mol. The largest absolute Gasteiger partial charge is 1.00 e. The molecule has 60 valence electrons. The van der Waals surface area contributed by atoms with Crippen LogP contribution in [0.3, 0.4) is 0 Å². The van der Waals surface area contributed by atoms with Crippen LogP contribution in [0.1, 0.15) is 0 Å². The molecule has 0 bridgehead atoms. The van der Waals surface area contributed by atoms with Crippen LogP contribution in [0.2, 0.25) is 0 Å². The molecule has 0 saturated carbocycles. The Morgan fingerprint density at radius 1 is 1.64 bits per heavy atom. The van der Waals surface area contributed by atoms with E-state index in [1.54, 1.807) is 6.20 Å². The molecule has 0 aliphatic carbocycles. The normalized spacial score (nSPS) is 9.27. The van der Waals surface area contributed by atoms with E-state index in [2.05, 4.69) is 9.40 Å². The summed E-state index contributed by atoms with van der Waals surface area (Å²) in [5, 5.41) is 0. The third-order valence-corrected chi connectivity index (χ3v) is 0.347. The van der Waals surface area contributed by atoms with Gasteiger partial charge < -0.3 is 24.2 Å². The van der Waals surface area contributed by atoms with Crippen molar-refractivity contribution in [2.75, 3.05) is 0 Å². The topological polar surface area (TPSA) is 118 Å². The second kappa shape index (κ2) is 13.5. The molecule has 6 nitrogen and oxygen atoms in total. The molecule has 0 saturated heterocycles. The van der Waals surface area contributed by atoms with Crippen molar-refractivity contribution in [3.63, 3.8) is 0 Å². The van der Waals surface area contributed by atoms with E-state index in [9.17, 15) is 0 Å². The molecule has 11 heavy (non-hydrogen) atoms. The summed E-state index contributed by atoms with van der Waals surface area (Å²) in [6.45, 7) is 0. The zero-order valence-electron chi connectivity index (χ0n) is 5.85. The summed E-state index contributed by atoms with van der Waals surface area (Å²) in [6, 6.07) is 0. The van der Waals surface area contributed by atoms with E-state index in [-0.39, 0.29) is 56.9 Å². The minimum Gasteiger partial charge on any atom is -0.781 e. The van der Waals surface area contributed by atoms with Gasteiger partial charge in [0.25, 0.3) is 0 Å². The third-order valence-electron chi connectivity index (χ3n) is 0.347. The Morgan fingerprint density at radius 2 is 2.09 bits per heavy atom. The molecule has 1 aromatic rings. The van der Waals surface area contributed by atoms with Gasteiger partial charge in [0.05, 0.1) is 6.20 Å².